The molecule has 2 aromatic carbocycles. The van der Waals surface area contributed by atoms with Crippen molar-refractivity contribution >= 4 is 17.7 Å². The molecule has 1 heterocycles. The second-order valence-electron chi connectivity index (χ2n) is 10.7. The standard InChI is InChI=1S/C29H42N2O5S/c1-18-8-13-21(26-24(33)23(32)25(34)27(36-26)37-4)16-22(18)15-20-11-9-19(10-12-20)7-5-6-14-31-17-29(2,3)28(30)35/h8-13,16,23-27,31-34H,5-7,14-15,17H2,1-4H3,(H2,30,35)/t23-,24-,25+,26?,27-/m1/s1. The highest BCUT2D eigenvalue weighted by Crippen LogP contribution is 2.36. The van der Waals surface area contributed by atoms with Crippen LogP contribution in [0.1, 0.15) is 60.6 Å². The third kappa shape index (κ3) is 7.78. The molecule has 0 aliphatic carbocycles. The summed E-state index contributed by atoms with van der Waals surface area (Å²) >= 11 is 1.32. The number of aryl methyl sites for hydroxylation is 2. The first-order valence-electron chi connectivity index (χ1n) is 12.9. The lowest BCUT2D eigenvalue weighted by Gasteiger charge is -2.40. The number of aliphatic hydroxyl groups is 3. The van der Waals surface area contributed by atoms with Crippen LogP contribution >= 0.6 is 11.8 Å². The number of primary amides is 1. The number of hydrogen-bond acceptors (Lipinski definition) is 7. The van der Waals surface area contributed by atoms with E-state index in [1.807, 2.05) is 38.3 Å². The van der Waals surface area contributed by atoms with Crippen LogP contribution in [0.4, 0.5) is 0 Å². The Labute approximate surface area is 224 Å². The van der Waals surface area contributed by atoms with Crippen LogP contribution in [0.25, 0.3) is 0 Å². The van der Waals surface area contributed by atoms with E-state index in [4.69, 9.17) is 10.5 Å². The predicted octanol–water partition coefficient (Wildman–Crippen LogP) is 2.85. The fourth-order valence-corrected chi connectivity index (χ4v) is 5.16. The van der Waals surface area contributed by atoms with Gasteiger partial charge in [-0.25, -0.2) is 0 Å². The van der Waals surface area contributed by atoms with E-state index in [0.717, 1.165) is 48.9 Å². The van der Waals surface area contributed by atoms with E-state index >= 15 is 0 Å². The summed E-state index contributed by atoms with van der Waals surface area (Å²) in [4.78, 5) is 11.4. The molecule has 37 heavy (non-hydrogen) atoms. The molecule has 3 rings (SSSR count). The number of thioether (sulfide) groups is 1. The van der Waals surface area contributed by atoms with Gasteiger partial charge in [0.25, 0.3) is 0 Å². The molecule has 0 radical (unpaired) electrons. The number of unbranched alkanes of at least 4 members (excludes halogenated alkanes) is 1. The second kappa shape index (κ2) is 13.2. The van der Waals surface area contributed by atoms with Crippen molar-refractivity contribution in [3.05, 3.63) is 70.3 Å². The summed E-state index contributed by atoms with van der Waals surface area (Å²) in [5.41, 5.74) is 9.84. The average molecular weight is 531 g/mol. The number of amides is 1. The van der Waals surface area contributed by atoms with E-state index in [1.54, 1.807) is 0 Å². The summed E-state index contributed by atoms with van der Waals surface area (Å²) in [5, 5.41) is 34.3. The molecular formula is C29H42N2O5S. The molecule has 0 spiro atoms. The van der Waals surface area contributed by atoms with Crippen LogP contribution in [0, 0.1) is 12.3 Å². The maximum atomic E-state index is 11.4. The first-order valence-corrected chi connectivity index (χ1v) is 14.2. The van der Waals surface area contributed by atoms with Crippen molar-refractivity contribution in [3.8, 4) is 0 Å². The monoisotopic (exact) mass is 530 g/mol. The van der Waals surface area contributed by atoms with Gasteiger partial charge in [-0.2, -0.15) is 0 Å². The number of carbonyl (C=O) groups is 1. The van der Waals surface area contributed by atoms with Gasteiger partial charge in [-0.1, -0.05) is 42.5 Å². The van der Waals surface area contributed by atoms with Gasteiger partial charge >= 0.3 is 0 Å². The van der Waals surface area contributed by atoms with Gasteiger partial charge in [0.2, 0.25) is 5.91 Å². The molecule has 5 atom stereocenters. The zero-order valence-electron chi connectivity index (χ0n) is 22.3. The highest BCUT2D eigenvalue weighted by atomic mass is 32.2. The molecule has 0 bridgehead atoms. The van der Waals surface area contributed by atoms with Crippen LogP contribution in [0.5, 0.6) is 0 Å². The number of nitrogens with two attached hydrogens (primary N) is 1. The van der Waals surface area contributed by atoms with Gasteiger partial charge in [0.15, 0.2) is 0 Å². The van der Waals surface area contributed by atoms with Crippen molar-refractivity contribution in [1.29, 1.82) is 0 Å². The summed E-state index contributed by atoms with van der Waals surface area (Å²) in [7, 11) is 0. The number of carbonyl (C=O) groups excluding carboxylic acids is 1. The average Bonchev–Trinajstić information content (AvgIpc) is 2.87. The minimum absolute atomic E-state index is 0.287. The fraction of sp³-hybridized carbons (Fsp3) is 0.552. The summed E-state index contributed by atoms with van der Waals surface area (Å²) in [5.74, 6) is -0.287. The highest BCUT2D eigenvalue weighted by molar-refractivity contribution is 7.99. The Hall–Kier alpha value is -1.94. The molecule has 1 amide bonds. The molecule has 8 heteroatoms. The molecule has 1 aliphatic rings. The first-order chi connectivity index (χ1) is 17.5. The largest absolute Gasteiger partial charge is 0.387 e. The van der Waals surface area contributed by atoms with E-state index in [1.165, 1.54) is 22.9 Å². The maximum absolute atomic E-state index is 11.4. The van der Waals surface area contributed by atoms with Crippen LogP contribution in [-0.2, 0) is 22.4 Å². The SMILES string of the molecule is CS[C@H]1OC(c2ccc(C)c(Cc3ccc(CCCCNCC(C)(C)C(N)=O)cc3)c2)[C@H](O)[C@@H](O)[C@@H]1O. The van der Waals surface area contributed by atoms with Gasteiger partial charge in [0.05, 0.1) is 5.41 Å². The fourth-order valence-electron chi connectivity index (χ4n) is 4.49. The van der Waals surface area contributed by atoms with Crippen LogP contribution in [0.15, 0.2) is 42.5 Å². The third-order valence-corrected chi connectivity index (χ3v) is 8.08. The zero-order chi connectivity index (χ0) is 27.2. The van der Waals surface area contributed by atoms with Crippen LogP contribution in [0.3, 0.4) is 0 Å². The third-order valence-electron chi connectivity index (χ3n) is 7.22. The van der Waals surface area contributed by atoms with Crippen molar-refractivity contribution in [3.63, 3.8) is 0 Å². The summed E-state index contributed by atoms with van der Waals surface area (Å²) in [6.07, 6.45) is 1.36. The van der Waals surface area contributed by atoms with Crippen molar-refractivity contribution in [2.45, 2.75) is 76.3 Å². The van der Waals surface area contributed by atoms with Crippen LogP contribution < -0.4 is 11.1 Å². The summed E-state index contributed by atoms with van der Waals surface area (Å²) in [6, 6.07) is 14.6. The topological polar surface area (TPSA) is 125 Å². The molecule has 1 saturated heterocycles. The second-order valence-corrected chi connectivity index (χ2v) is 11.6. The van der Waals surface area contributed by atoms with Gasteiger partial charge in [-0.3, -0.25) is 4.79 Å². The van der Waals surface area contributed by atoms with E-state index in [-0.39, 0.29) is 5.91 Å². The minimum Gasteiger partial charge on any atom is -0.387 e. The van der Waals surface area contributed by atoms with E-state index in [0.29, 0.717) is 6.54 Å². The number of ether oxygens (including phenoxy) is 1. The van der Waals surface area contributed by atoms with Gasteiger partial charge < -0.3 is 31.1 Å². The lowest BCUT2D eigenvalue weighted by atomic mass is 9.91. The Morgan fingerprint density at radius 2 is 1.70 bits per heavy atom. The quantitative estimate of drug-likeness (QED) is 0.267. The number of aliphatic hydroxyl groups excluding tert-OH is 3. The van der Waals surface area contributed by atoms with Crippen LogP contribution in [-0.4, -0.2) is 64.3 Å². The van der Waals surface area contributed by atoms with Gasteiger partial charge in [-0.15, -0.1) is 11.8 Å². The molecule has 1 aliphatic heterocycles. The predicted molar refractivity (Wildman–Crippen MR) is 148 cm³/mol. The van der Waals surface area contributed by atoms with Crippen molar-refractivity contribution in [1.82, 2.24) is 5.32 Å². The van der Waals surface area contributed by atoms with Crippen LogP contribution in [0.2, 0.25) is 0 Å². The number of benzene rings is 2. The Morgan fingerprint density at radius 3 is 2.35 bits per heavy atom. The van der Waals surface area contributed by atoms with E-state index in [9.17, 15) is 20.1 Å². The zero-order valence-corrected chi connectivity index (χ0v) is 23.1. The highest BCUT2D eigenvalue weighted by Gasteiger charge is 2.44. The Morgan fingerprint density at radius 1 is 1.03 bits per heavy atom. The molecule has 0 aromatic heterocycles. The van der Waals surface area contributed by atoms with Crippen molar-refractivity contribution in [2.75, 3.05) is 19.3 Å². The molecule has 0 saturated carbocycles. The van der Waals surface area contributed by atoms with Gasteiger partial charge in [0, 0.05) is 6.54 Å². The molecule has 7 nitrogen and oxygen atoms in total. The Bertz CT molecular complexity index is 1030. The number of hydrogen-bond donors (Lipinski definition) is 5. The molecule has 204 valence electrons. The lowest BCUT2D eigenvalue weighted by molar-refractivity contribution is -0.200. The minimum atomic E-state index is -1.26. The van der Waals surface area contributed by atoms with E-state index < -0.39 is 35.3 Å². The smallest absolute Gasteiger partial charge is 0.224 e. The van der Waals surface area contributed by atoms with Crippen molar-refractivity contribution < 1.29 is 24.9 Å². The molecule has 2 aromatic rings. The summed E-state index contributed by atoms with van der Waals surface area (Å²) < 4.78 is 5.94. The maximum Gasteiger partial charge on any atom is 0.224 e. The number of nitrogens with one attached hydrogen (secondary N) is 1. The first kappa shape index (κ1) is 29.6. The molecule has 1 unspecified atom stereocenters. The Balaban J connectivity index is 1.54. The summed E-state index contributed by atoms with van der Waals surface area (Å²) in [6.45, 7) is 7.21. The molecule has 1 fully saturated rings. The van der Waals surface area contributed by atoms with E-state index in [2.05, 4.69) is 36.5 Å². The Kier molecular flexibility index (Phi) is 10.6. The van der Waals surface area contributed by atoms with Gasteiger partial charge in [-0.05, 0) is 87.1 Å². The normalized spacial score (nSPS) is 24.2. The molecule has 6 N–H and O–H groups in total. The lowest BCUT2D eigenvalue weighted by Crippen LogP contribution is -2.52. The molecular weight excluding hydrogens is 488 g/mol. The van der Waals surface area contributed by atoms with Crippen molar-refractivity contribution in [2.24, 2.45) is 11.1 Å². The number of rotatable bonds is 12. The van der Waals surface area contributed by atoms with Gasteiger partial charge in [0.1, 0.15) is 29.9 Å².